The summed E-state index contributed by atoms with van der Waals surface area (Å²) >= 11 is 0. The highest BCUT2D eigenvalue weighted by molar-refractivity contribution is 5.92. The maximum atomic E-state index is 12.5. The Morgan fingerprint density at radius 2 is 1.89 bits per heavy atom. The van der Waals surface area contributed by atoms with Crippen LogP contribution in [0.25, 0.3) is 0 Å². The van der Waals surface area contributed by atoms with Crippen LogP contribution in [0.2, 0.25) is 0 Å². The quantitative estimate of drug-likeness (QED) is 0.881. The van der Waals surface area contributed by atoms with Gasteiger partial charge in [-0.3, -0.25) is 4.79 Å². The number of carbonyl (C=O) groups excluding carboxylic acids is 1. The molecule has 7 heteroatoms. The first-order valence-electron chi connectivity index (χ1n) is 9.42. The lowest BCUT2D eigenvalue weighted by atomic mass is 9.94. The third kappa shape index (κ3) is 3.79. The smallest absolute Gasteiger partial charge is 0.274 e. The van der Waals surface area contributed by atoms with Crippen molar-refractivity contribution in [2.24, 2.45) is 0 Å². The molecular formula is C20H25N5O2. The first-order chi connectivity index (χ1) is 13.2. The summed E-state index contributed by atoms with van der Waals surface area (Å²) in [6.45, 7) is 7.23. The Hall–Kier alpha value is -2.51. The highest BCUT2D eigenvalue weighted by Crippen LogP contribution is 2.30. The Morgan fingerprint density at radius 3 is 2.59 bits per heavy atom. The molecule has 1 atom stereocenters. The van der Waals surface area contributed by atoms with Crippen molar-refractivity contribution >= 4 is 11.7 Å². The number of nitrogens with zero attached hydrogens (tertiary/aromatic N) is 4. The molecule has 7 nitrogen and oxygen atoms in total. The summed E-state index contributed by atoms with van der Waals surface area (Å²) in [5, 5.41) is 3.25. The van der Waals surface area contributed by atoms with Crippen molar-refractivity contribution in [2.75, 3.05) is 50.8 Å². The molecule has 1 aromatic heterocycles. The van der Waals surface area contributed by atoms with Crippen LogP contribution in [0, 0.1) is 0 Å². The standard InChI is InChI=1S/C20H25N5O2/c1-20(16-5-3-2-4-6-16)15-25(11-12-27-20)18-14-22-17(13-23-18)19(26)24-9-7-21-8-10-24/h2-6,13-14,21H,7-12,15H2,1H3. The third-order valence-corrected chi connectivity index (χ3v) is 5.24. The molecule has 0 saturated carbocycles. The highest BCUT2D eigenvalue weighted by atomic mass is 16.5. The molecule has 2 saturated heterocycles. The first kappa shape index (κ1) is 17.9. The topological polar surface area (TPSA) is 70.6 Å². The van der Waals surface area contributed by atoms with Gasteiger partial charge in [-0.05, 0) is 12.5 Å². The molecule has 0 aliphatic carbocycles. The lowest BCUT2D eigenvalue weighted by Crippen LogP contribution is -2.48. The molecule has 0 radical (unpaired) electrons. The van der Waals surface area contributed by atoms with Crippen LogP contribution >= 0.6 is 0 Å². The molecule has 4 rings (SSSR count). The second kappa shape index (κ2) is 7.62. The van der Waals surface area contributed by atoms with E-state index in [0.29, 0.717) is 31.9 Å². The number of amides is 1. The van der Waals surface area contributed by atoms with E-state index in [1.165, 1.54) is 0 Å². The predicted molar refractivity (Wildman–Crippen MR) is 103 cm³/mol. The average Bonchev–Trinajstić information content (AvgIpc) is 2.75. The molecule has 2 fully saturated rings. The summed E-state index contributed by atoms with van der Waals surface area (Å²) in [6, 6.07) is 10.2. The van der Waals surface area contributed by atoms with Crippen molar-refractivity contribution in [3.05, 3.63) is 54.0 Å². The number of ether oxygens (including phenoxy) is 1. The van der Waals surface area contributed by atoms with Gasteiger partial charge in [0.2, 0.25) is 0 Å². The zero-order chi connectivity index (χ0) is 18.7. The minimum atomic E-state index is -0.392. The van der Waals surface area contributed by atoms with Crippen molar-refractivity contribution < 1.29 is 9.53 Å². The molecule has 0 bridgehead atoms. The molecule has 1 unspecified atom stereocenters. The van der Waals surface area contributed by atoms with Crippen molar-refractivity contribution in [3.63, 3.8) is 0 Å². The second-order valence-electron chi connectivity index (χ2n) is 7.17. The summed E-state index contributed by atoms with van der Waals surface area (Å²) in [6.07, 6.45) is 3.29. The Kier molecular flexibility index (Phi) is 5.05. The van der Waals surface area contributed by atoms with Gasteiger partial charge in [-0.15, -0.1) is 0 Å². The van der Waals surface area contributed by atoms with Gasteiger partial charge < -0.3 is 19.9 Å². The average molecular weight is 367 g/mol. The largest absolute Gasteiger partial charge is 0.367 e. The maximum Gasteiger partial charge on any atom is 0.274 e. The van der Waals surface area contributed by atoms with E-state index >= 15 is 0 Å². The van der Waals surface area contributed by atoms with Crippen molar-refractivity contribution in [3.8, 4) is 0 Å². The number of aromatic nitrogens is 2. The molecule has 1 N–H and O–H groups in total. The Morgan fingerprint density at radius 1 is 1.11 bits per heavy atom. The van der Waals surface area contributed by atoms with Crippen LogP contribution < -0.4 is 10.2 Å². The second-order valence-corrected chi connectivity index (χ2v) is 7.17. The van der Waals surface area contributed by atoms with Gasteiger partial charge in [-0.2, -0.15) is 0 Å². The van der Waals surface area contributed by atoms with Crippen LogP contribution in [0.3, 0.4) is 0 Å². The third-order valence-electron chi connectivity index (χ3n) is 5.24. The van der Waals surface area contributed by atoms with E-state index in [-0.39, 0.29) is 5.91 Å². The van der Waals surface area contributed by atoms with Gasteiger partial charge in [0.05, 0.1) is 25.5 Å². The van der Waals surface area contributed by atoms with E-state index in [4.69, 9.17) is 4.74 Å². The molecule has 0 spiro atoms. The number of anilines is 1. The molecule has 2 aliphatic heterocycles. The Labute approximate surface area is 159 Å². The molecule has 1 aromatic carbocycles. The fourth-order valence-electron chi connectivity index (χ4n) is 3.66. The SMILES string of the molecule is CC1(c2ccccc2)CN(c2cnc(C(=O)N3CCNCC3)cn2)CCO1. The number of carbonyl (C=O) groups is 1. The predicted octanol–water partition coefficient (Wildman–Crippen LogP) is 1.27. The van der Waals surface area contributed by atoms with Gasteiger partial charge in [0, 0.05) is 32.7 Å². The van der Waals surface area contributed by atoms with Gasteiger partial charge in [0.15, 0.2) is 0 Å². The lowest BCUT2D eigenvalue weighted by molar-refractivity contribution is -0.0468. The van der Waals surface area contributed by atoms with Crippen LogP contribution in [0.1, 0.15) is 23.0 Å². The summed E-state index contributed by atoms with van der Waals surface area (Å²) in [4.78, 5) is 25.4. The number of nitrogens with one attached hydrogen (secondary N) is 1. The molecule has 3 heterocycles. The normalized spacial score (nSPS) is 23.3. The van der Waals surface area contributed by atoms with Crippen molar-refractivity contribution in [1.29, 1.82) is 0 Å². The van der Waals surface area contributed by atoms with Crippen LogP contribution in [-0.2, 0) is 10.3 Å². The lowest BCUT2D eigenvalue weighted by Gasteiger charge is -2.41. The van der Waals surface area contributed by atoms with E-state index in [1.807, 2.05) is 23.1 Å². The summed E-state index contributed by atoms with van der Waals surface area (Å²) in [7, 11) is 0. The van der Waals surface area contributed by atoms with E-state index in [0.717, 1.165) is 31.0 Å². The number of hydrogen-bond donors (Lipinski definition) is 1. The summed E-state index contributed by atoms with van der Waals surface area (Å²) in [5.41, 5.74) is 1.16. The monoisotopic (exact) mass is 367 g/mol. The fraction of sp³-hybridized carbons (Fsp3) is 0.450. The molecule has 2 aliphatic rings. The molecule has 142 valence electrons. The fourth-order valence-corrected chi connectivity index (χ4v) is 3.66. The van der Waals surface area contributed by atoms with Crippen LogP contribution in [0.5, 0.6) is 0 Å². The number of piperazine rings is 1. The minimum absolute atomic E-state index is 0.0494. The summed E-state index contributed by atoms with van der Waals surface area (Å²) < 4.78 is 6.09. The zero-order valence-electron chi connectivity index (χ0n) is 15.6. The number of benzene rings is 1. The van der Waals surface area contributed by atoms with Gasteiger partial charge in [-0.25, -0.2) is 9.97 Å². The number of hydrogen-bond acceptors (Lipinski definition) is 6. The Balaban J connectivity index is 1.48. The van der Waals surface area contributed by atoms with Crippen molar-refractivity contribution in [2.45, 2.75) is 12.5 Å². The van der Waals surface area contributed by atoms with Crippen molar-refractivity contribution in [1.82, 2.24) is 20.2 Å². The molecule has 2 aromatic rings. The van der Waals surface area contributed by atoms with E-state index < -0.39 is 5.60 Å². The van der Waals surface area contributed by atoms with Crippen LogP contribution in [0.15, 0.2) is 42.7 Å². The number of rotatable bonds is 3. The first-order valence-corrected chi connectivity index (χ1v) is 9.42. The van der Waals surface area contributed by atoms with Gasteiger partial charge >= 0.3 is 0 Å². The highest BCUT2D eigenvalue weighted by Gasteiger charge is 2.34. The van der Waals surface area contributed by atoms with E-state index in [2.05, 4.69) is 39.2 Å². The van der Waals surface area contributed by atoms with Crippen LogP contribution in [0.4, 0.5) is 5.82 Å². The molecular weight excluding hydrogens is 342 g/mol. The van der Waals surface area contributed by atoms with Gasteiger partial charge in [0.25, 0.3) is 5.91 Å². The minimum Gasteiger partial charge on any atom is -0.367 e. The maximum absolute atomic E-state index is 12.5. The van der Waals surface area contributed by atoms with Crippen LogP contribution in [-0.4, -0.2) is 66.7 Å². The molecule has 1 amide bonds. The molecule has 27 heavy (non-hydrogen) atoms. The van der Waals surface area contributed by atoms with E-state index in [1.54, 1.807) is 12.4 Å². The van der Waals surface area contributed by atoms with Gasteiger partial charge in [0.1, 0.15) is 17.1 Å². The van der Waals surface area contributed by atoms with Gasteiger partial charge in [-0.1, -0.05) is 30.3 Å². The Bertz CT molecular complexity index is 777. The van der Waals surface area contributed by atoms with E-state index in [9.17, 15) is 4.79 Å². The zero-order valence-corrected chi connectivity index (χ0v) is 15.6. The number of morpholine rings is 1. The summed E-state index contributed by atoms with van der Waals surface area (Å²) in [5.74, 6) is 0.726.